The number of fused-ring (bicyclic) bond motifs is 12. The lowest BCUT2D eigenvalue weighted by atomic mass is 10.0. The highest BCUT2D eigenvalue weighted by molar-refractivity contribution is 6.25. The third kappa shape index (κ3) is 4.29. The van der Waals surface area contributed by atoms with Crippen molar-refractivity contribution >= 4 is 98.8 Å². The van der Waals surface area contributed by atoms with Gasteiger partial charge in [-0.25, -0.2) is 0 Å². The number of para-hydroxylation sites is 6. The summed E-state index contributed by atoms with van der Waals surface area (Å²) in [4.78, 5) is 2.48. The summed E-state index contributed by atoms with van der Waals surface area (Å²) in [6.07, 6.45) is 0. The topological polar surface area (TPSA) is 17.5 Å². The van der Waals surface area contributed by atoms with Gasteiger partial charge in [-0.15, -0.1) is 0 Å². The Morgan fingerprint density at radius 2 is 0.603 bits per heavy atom. The average Bonchev–Trinajstić information content (AvgIpc) is 4.01. The van der Waals surface area contributed by atoms with E-state index in [1.54, 1.807) is 0 Å². The zero-order valence-corrected chi connectivity index (χ0v) is 31.4. The van der Waals surface area contributed by atoms with Crippen molar-refractivity contribution in [1.29, 1.82) is 0 Å². The molecule has 0 aliphatic rings. The molecule has 4 heterocycles. The van der Waals surface area contributed by atoms with Crippen molar-refractivity contribution in [1.82, 2.24) is 13.5 Å². The summed E-state index contributed by atoms with van der Waals surface area (Å²) in [5.74, 6) is 0. The Balaban J connectivity index is 1.13. The smallest absolute Gasteiger partial charge is 0.0622 e. The fourth-order valence-corrected chi connectivity index (χ4v) is 9.92. The molecule has 270 valence electrons. The lowest BCUT2D eigenvalue weighted by Crippen LogP contribution is -2.10. The molecule has 0 aliphatic carbocycles. The number of aromatic nitrogens is 3. The summed E-state index contributed by atoms with van der Waals surface area (Å²) in [5.41, 5.74) is 14.1. The maximum Gasteiger partial charge on any atom is 0.0622 e. The van der Waals surface area contributed by atoms with Crippen LogP contribution in [-0.2, 0) is 0 Å². The SMILES string of the molecule is c1ccc(-n2c3ccccc3c3cc(N(c4ccc5c(c4)c4ccccc4n5-c4ccccc4)c4cc5c6ccccc6n6c7ccccc7c(c4)c56)ccc32)cc1. The Morgan fingerprint density at radius 3 is 1.05 bits per heavy atom. The van der Waals surface area contributed by atoms with Gasteiger partial charge in [-0.3, -0.25) is 0 Å². The molecular weight excluding hydrogens is 705 g/mol. The van der Waals surface area contributed by atoms with E-state index in [2.05, 4.69) is 225 Å². The van der Waals surface area contributed by atoms with Crippen molar-refractivity contribution in [2.75, 3.05) is 4.90 Å². The molecule has 0 amide bonds. The van der Waals surface area contributed by atoms with Gasteiger partial charge in [0.2, 0.25) is 0 Å². The number of hydrogen-bond acceptors (Lipinski definition) is 1. The van der Waals surface area contributed by atoms with Crippen molar-refractivity contribution in [2.45, 2.75) is 0 Å². The van der Waals surface area contributed by atoms with Crippen LogP contribution in [0.25, 0.3) is 93.1 Å². The number of anilines is 3. The van der Waals surface area contributed by atoms with E-state index in [1.807, 2.05) is 0 Å². The van der Waals surface area contributed by atoms with E-state index in [1.165, 1.54) is 81.7 Å². The average molecular weight is 739 g/mol. The van der Waals surface area contributed by atoms with E-state index in [9.17, 15) is 0 Å². The predicted octanol–water partition coefficient (Wildman–Crippen LogP) is 14.5. The molecule has 58 heavy (non-hydrogen) atoms. The molecular formula is C54H34N4. The predicted molar refractivity (Wildman–Crippen MR) is 244 cm³/mol. The van der Waals surface area contributed by atoms with E-state index in [4.69, 9.17) is 0 Å². The summed E-state index contributed by atoms with van der Waals surface area (Å²) < 4.78 is 7.24. The summed E-state index contributed by atoms with van der Waals surface area (Å²) in [6, 6.07) is 75.5. The van der Waals surface area contributed by atoms with Crippen molar-refractivity contribution in [3.8, 4) is 11.4 Å². The molecule has 0 unspecified atom stereocenters. The van der Waals surface area contributed by atoms with Gasteiger partial charge in [0.1, 0.15) is 0 Å². The molecule has 0 N–H and O–H groups in total. The largest absolute Gasteiger partial charge is 0.310 e. The molecule has 9 aromatic carbocycles. The Labute approximate surface area is 333 Å². The van der Waals surface area contributed by atoms with Crippen LogP contribution in [0.15, 0.2) is 206 Å². The molecule has 0 fully saturated rings. The van der Waals surface area contributed by atoms with Crippen LogP contribution >= 0.6 is 0 Å². The monoisotopic (exact) mass is 738 g/mol. The molecule has 0 atom stereocenters. The first-order valence-corrected chi connectivity index (χ1v) is 19.9. The molecule has 0 saturated heterocycles. The maximum absolute atomic E-state index is 2.48. The molecule has 13 aromatic rings. The van der Waals surface area contributed by atoms with Gasteiger partial charge >= 0.3 is 0 Å². The summed E-state index contributed by atoms with van der Waals surface area (Å²) >= 11 is 0. The van der Waals surface area contributed by atoms with E-state index in [0.717, 1.165) is 28.4 Å². The fraction of sp³-hybridized carbons (Fsp3) is 0. The molecule has 0 bridgehead atoms. The molecule has 0 saturated carbocycles. The molecule has 4 heteroatoms. The van der Waals surface area contributed by atoms with Crippen LogP contribution in [0.2, 0.25) is 0 Å². The second kappa shape index (κ2) is 11.8. The normalized spacial score (nSPS) is 12.1. The van der Waals surface area contributed by atoms with Gasteiger partial charge < -0.3 is 18.4 Å². The molecule has 4 aromatic heterocycles. The minimum Gasteiger partial charge on any atom is -0.310 e. The first-order chi connectivity index (χ1) is 28.8. The van der Waals surface area contributed by atoms with Gasteiger partial charge in [0.25, 0.3) is 0 Å². The Bertz CT molecular complexity index is 3500. The van der Waals surface area contributed by atoms with Crippen molar-refractivity contribution in [2.24, 2.45) is 0 Å². The second-order valence-corrected chi connectivity index (χ2v) is 15.4. The van der Waals surface area contributed by atoms with Crippen molar-refractivity contribution in [3.05, 3.63) is 206 Å². The molecule has 0 radical (unpaired) electrons. The van der Waals surface area contributed by atoms with E-state index < -0.39 is 0 Å². The van der Waals surface area contributed by atoms with Crippen LogP contribution in [0.4, 0.5) is 17.1 Å². The Hall–Kier alpha value is -7.82. The number of rotatable bonds is 5. The summed E-state index contributed by atoms with van der Waals surface area (Å²) in [7, 11) is 0. The van der Waals surface area contributed by atoms with Crippen LogP contribution in [0.5, 0.6) is 0 Å². The van der Waals surface area contributed by atoms with E-state index >= 15 is 0 Å². The van der Waals surface area contributed by atoms with Crippen LogP contribution in [-0.4, -0.2) is 13.5 Å². The number of hydrogen-bond donors (Lipinski definition) is 0. The summed E-state index contributed by atoms with van der Waals surface area (Å²) in [5, 5.41) is 9.94. The lowest BCUT2D eigenvalue weighted by Gasteiger charge is -2.26. The van der Waals surface area contributed by atoms with Gasteiger partial charge in [0.05, 0.1) is 38.6 Å². The third-order valence-electron chi connectivity index (χ3n) is 12.3. The number of nitrogens with zero attached hydrogens (tertiary/aromatic N) is 4. The van der Waals surface area contributed by atoms with Gasteiger partial charge in [0.15, 0.2) is 0 Å². The van der Waals surface area contributed by atoms with Gasteiger partial charge in [0, 0.05) is 71.5 Å². The zero-order valence-electron chi connectivity index (χ0n) is 31.4. The van der Waals surface area contributed by atoms with Crippen LogP contribution in [0.1, 0.15) is 0 Å². The van der Waals surface area contributed by atoms with Crippen LogP contribution in [0, 0.1) is 0 Å². The van der Waals surface area contributed by atoms with E-state index in [-0.39, 0.29) is 0 Å². The molecule has 13 rings (SSSR count). The minimum atomic E-state index is 1.11. The first-order valence-electron chi connectivity index (χ1n) is 19.9. The van der Waals surface area contributed by atoms with E-state index in [0.29, 0.717) is 0 Å². The van der Waals surface area contributed by atoms with Gasteiger partial charge in [-0.2, -0.15) is 0 Å². The van der Waals surface area contributed by atoms with Gasteiger partial charge in [-0.1, -0.05) is 109 Å². The highest BCUT2D eigenvalue weighted by Gasteiger charge is 2.23. The first kappa shape index (κ1) is 31.4. The highest BCUT2D eigenvalue weighted by Crippen LogP contribution is 2.47. The van der Waals surface area contributed by atoms with Crippen molar-refractivity contribution in [3.63, 3.8) is 0 Å². The maximum atomic E-state index is 2.48. The quantitative estimate of drug-likeness (QED) is 0.172. The van der Waals surface area contributed by atoms with Gasteiger partial charge in [-0.05, 0) is 97.1 Å². The Kier molecular flexibility index (Phi) is 6.41. The second-order valence-electron chi connectivity index (χ2n) is 15.4. The van der Waals surface area contributed by atoms with Crippen LogP contribution < -0.4 is 4.90 Å². The summed E-state index contributed by atoms with van der Waals surface area (Å²) in [6.45, 7) is 0. The molecule has 4 nitrogen and oxygen atoms in total. The standard InChI is InChI=1S/C54H34N4/c1-3-15-35(16-4-1)56-48-23-11-7-19-40(48)44-31-37(27-29-52(44)56)55(38-28-30-53-45(32-38)41-20-8-12-24-49(41)57(53)36-17-5-2-6-18-36)39-33-46-42-21-9-13-25-50(42)58-51-26-14-10-22-43(51)47(34-39)54(46)58/h1-34H. The van der Waals surface area contributed by atoms with Crippen LogP contribution in [0.3, 0.4) is 0 Å². The zero-order chi connectivity index (χ0) is 37.9. The Morgan fingerprint density at radius 1 is 0.259 bits per heavy atom. The molecule has 0 spiro atoms. The highest BCUT2D eigenvalue weighted by atomic mass is 15.1. The third-order valence-corrected chi connectivity index (χ3v) is 12.3. The fourth-order valence-electron chi connectivity index (χ4n) is 9.92. The number of benzene rings is 9. The lowest BCUT2D eigenvalue weighted by molar-refractivity contribution is 1.18. The van der Waals surface area contributed by atoms with Crippen molar-refractivity contribution < 1.29 is 0 Å². The minimum absolute atomic E-state index is 1.11. The molecule has 0 aliphatic heterocycles.